The molecule has 0 spiro atoms. The Bertz CT molecular complexity index is 1010. The van der Waals surface area contributed by atoms with E-state index in [-0.39, 0.29) is 5.75 Å². The lowest BCUT2D eigenvalue weighted by Gasteiger charge is -2.53. The lowest BCUT2D eigenvalue weighted by Crippen LogP contribution is -2.79. The molecule has 5 atom stereocenters. The smallest absolute Gasteiger partial charge is 0.409 e. The van der Waals surface area contributed by atoms with Crippen LogP contribution in [0.25, 0.3) is 0 Å². The minimum atomic E-state index is -2.00. The molecular formula is C22H29Cl3N4O7S. The Balaban J connectivity index is 1.75. The van der Waals surface area contributed by atoms with E-state index in [1.807, 2.05) is 12.2 Å². The summed E-state index contributed by atoms with van der Waals surface area (Å²) in [6.45, 7) is 4.42. The lowest BCUT2D eigenvalue weighted by atomic mass is 9.91. The fourth-order valence-corrected chi connectivity index (χ4v) is 5.51. The van der Waals surface area contributed by atoms with E-state index >= 15 is 0 Å². The number of rotatable bonds is 6. The highest BCUT2D eigenvalue weighted by Crippen LogP contribution is 2.39. The van der Waals surface area contributed by atoms with E-state index < -0.39 is 69.1 Å². The Morgan fingerprint density at radius 3 is 2.49 bits per heavy atom. The first-order valence-electron chi connectivity index (χ1n) is 11.3. The van der Waals surface area contributed by atoms with Gasteiger partial charge in [0.15, 0.2) is 11.7 Å². The zero-order valence-corrected chi connectivity index (χ0v) is 23.4. The molecule has 0 aromatic heterocycles. The van der Waals surface area contributed by atoms with Crippen molar-refractivity contribution < 1.29 is 33.8 Å². The van der Waals surface area contributed by atoms with Gasteiger partial charge in [-0.3, -0.25) is 20.6 Å². The van der Waals surface area contributed by atoms with Crippen LogP contribution < -0.4 is 16.4 Å². The largest absolute Gasteiger partial charge is 0.460 e. The Morgan fingerprint density at radius 1 is 1.24 bits per heavy atom. The van der Waals surface area contributed by atoms with Crippen molar-refractivity contribution in [2.45, 2.75) is 72.2 Å². The molecule has 3 rings (SSSR count). The molecule has 3 aliphatic rings. The summed E-state index contributed by atoms with van der Waals surface area (Å²) in [6.07, 6.45) is 4.07. The number of alkyl carbamates (subject to hydrolysis) is 1. The summed E-state index contributed by atoms with van der Waals surface area (Å²) >= 11 is 18.0. The minimum absolute atomic E-state index is 0.0776. The number of thioether (sulfide) groups is 1. The molecule has 0 aromatic carbocycles. The van der Waals surface area contributed by atoms with E-state index in [1.54, 1.807) is 26.8 Å². The van der Waals surface area contributed by atoms with Gasteiger partial charge in [0, 0.05) is 5.75 Å². The number of amides is 3. The highest BCUT2D eigenvalue weighted by atomic mass is 35.6. The number of hydrogen-bond donors (Lipinski definition) is 4. The number of carbonyl (C=O) groups is 4. The molecule has 2 heterocycles. The average Bonchev–Trinajstić information content (AvgIpc) is 2.79. The zero-order chi connectivity index (χ0) is 27.8. The van der Waals surface area contributed by atoms with Crippen molar-refractivity contribution in [1.29, 1.82) is 0 Å². The highest BCUT2D eigenvalue weighted by molar-refractivity contribution is 8.00. The third-order valence-electron chi connectivity index (χ3n) is 5.66. The second-order valence-electron chi connectivity index (χ2n) is 9.73. The number of aliphatic hydroxyl groups is 1. The molecule has 206 valence electrons. The molecule has 2 fully saturated rings. The van der Waals surface area contributed by atoms with Gasteiger partial charge >= 0.3 is 12.1 Å². The molecule has 0 radical (unpaired) electrons. The molecule has 0 bridgehead atoms. The fraction of sp³-hybridized carbons (Fsp3) is 0.636. The Morgan fingerprint density at radius 2 is 1.92 bits per heavy atom. The van der Waals surface area contributed by atoms with Crippen LogP contribution in [0.1, 0.15) is 33.6 Å². The van der Waals surface area contributed by atoms with E-state index in [2.05, 4.69) is 10.6 Å². The third-order valence-corrected chi connectivity index (χ3v) is 7.36. The molecule has 3 unspecified atom stereocenters. The Hall–Kier alpha value is -1.70. The number of fused-ring (bicyclic) bond motifs is 1. The van der Waals surface area contributed by atoms with Gasteiger partial charge < -0.3 is 24.8 Å². The molecule has 1 aliphatic carbocycles. The highest BCUT2D eigenvalue weighted by Gasteiger charge is 2.59. The Labute approximate surface area is 233 Å². The van der Waals surface area contributed by atoms with Crippen molar-refractivity contribution in [3.63, 3.8) is 0 Å². The number of esters is 1. The first-order chi connectivity index (χ1) is 17.0. The maximum atomic E-state index is 13.4. The van der Waals surface area contributed by atoms with Crippen molar-refractivity contribution >= 4 is 70.4 Å². The summed E-state index contributed by atoms with van der Waals surface area (Å²) in [4.78, 5) is 52.7. The number of nitrogens with two attached hydrogens (primary N) is 1. The molecule has 0 aromatic rings. The van der Waals surface area contributed by atoms with Crippen LogP contribution in [0.5, 0.6) is 0 Å². The summed E-state index contributed by atoms with van der Waals surface area (Å²) < 4.78 is 8.39. The number of allylic oxidation sites excluding steroid dienone is 3. The van der Waals surface area contributed by atoms with E-state index in [0.717, 1.165) is 16.7 Å². The number of alkyl halides is 3. The van der Waals surface area contributed by atoms with Crippen LogP contribution in [0.2, 0.25) is 0 Å². The van der Waals surface area contributed by atoms with Gasteiger partial charge in [0.25, 0.3) is 5.91 Å². The SMILES string of the molecule is CC(C)(C)OC(=O)NC(N)(C(=O)N[C@@H]1C(=O)N2C(C(=O)OCC(Cl)(Cl)Cl)C(O)CS[C@@H]12)C1=CCC=CC1. The van der Waals surface area contributed by atoms with E-state index in [0.29, 0.717) is 18.4 Å². The second kappa shape index (κ2) is 11.2. The molecule has 5 N–H and O–H groups in total. The van der Waals surface area contributed by atoms with Crippen LogP contribution >= 0.6 is 46.6 Å². The van der Waals surface area contributed by atoms with E-state index in [9.17, 15) is 24.3 Å². The molecule has 2 aliphatic heterocycles. The van der Waals surface area contributed by atoms with Gasteiger partial charge in [0.05, 0.1) is 6.10 Å². The zero-order valence-electron chi connectivity index (χ0n) is 20.3. The van der Waals surface area contributed by atoms with Gasteiger partial charge in [0.1, 0.15) is 23.6 Å². The van der Waals surface area contributed by atoms with Gasteiger partial charge in [-0.1, -0.05) is 53.0 Å². The minimum Gasteiger partial charge on any atom is -0.460 e. The molecule has 11 nitrogen and oxygen atoms in total. The third kappa shape index (κ3) is 7.04. The van der Waals surface area contributed by atoms with Gasteiger partial charge in [-0.2, -0.15) is 0 Å². The van der Waals surface area contributed by atoms with Crippen LogP contribution in [-0.4, -0.2) is 84.9 Å². The maximum Gasteiger partial charge on any atom is 0.409 e. The predicted molar refractivity (Wildman–Crippen MR) is 139 cm³/mol. The number of ether oxygens (including phenoxy) is 2. The van der Waals surface area contributed by atoms with Crippen LogP contribution in [0.15, 0.2) is 23.8 Å². The maximum absolute atomic E-state index is 13.4. The van der Waals surface area contributed by atoms with Crippen LogP contribution in [-0.2, 0) is 23.9 Å². The lowest BCUT2D eigenvalue weighted by molar-refractivity contribution is -0.171. The number of carbonyl (C=O) groups excluding carboxylic acids is 4. The van der Waals surface area contributed by atoms with Crippen LogP contribution in [0.4, 0.5) is 4.79 Å². The normalized spacial score (nSPS) is 27.2. The van der Waals surface area contributed by atoms with Gasteiger partial charge in [-0.15, -0.1) is 11.8 Å². The summed E-state index contributed by atoms with van der Waals surface area (Å²) in [5.74, 6) is -2.34. The Kier molecular flexibility index (Phi) is 9.03. The van der Waals surface area contributed by atoms with Crippen LogP contribution in [0.3, 0.4) is 0 Å². The van der Waals surface area contributed by atoms with E-state index in [1.165, 1.54) is 0 Å². The summed E-state index contributed by atoms with van der Waals surface area (Å²) in [5, 5.41) is 14.7. The monoisotopic (exact) mass is 598 g/mol. The summed E-state index contributed by atoms with van der Waals surface area (Å²) in [5.41, 5.74) is 4.02. The van der Waals surface area contributed by atoms with Crippen molar-refractivity contribution in [2.75, 3.05) is 12.4 Å². The van der Waals surface area contributed by atoms with Crippen LogP contribution in [0, 0.1) is 0 Å². The number of halogens is 3. The summed E-state index contributed by atoms with van der Waals surface area (Å²) in [7, 11) is 0. The predicted octanol–water partition coefficient (Wildman–Crippen LogP) is 1.49. The number of hydrogen-bond acceptors (Lipinski definition) is 9. The average molecular weight is 600 g/mol. The van der Waals surface area contributed by atoms with Crippen molar-refractivity contribution in [3.8, 4) is 0 Å². The molecule has 15 heteroatoms. The molecular weight excluding hydrogens is 571 g/mol. The quantitative estimate of drug-likeness (QED) is 0.117. The number of nitrogens with one attached hydrogen (secondary N) is 2. The topological polar surface area (TPSA) is 160 Å². The second-order valence-corrected chi connectivity index (χ2v) is 13.4. The van der Waals surface area contributed by atoms with Gasteiger partial charge in [-0.25, -0.2) is 9.59 Å². The molecule has 3 amide bonds. The van der Waals surface area contributed by atoms with Crippen molar-refractivity contribution in [1.82, 2.24) is 15.5 Å². The fourth-order valence-electron chi connectivity index (χ4n) is 4.00. The number of β-lactam (4-membered cyclic amide) rings is 1. The van der Waals surface area contributed by atoms with Gasteiger partial charge in [0.2, 0.25) is 9.70 Å². The standard InChI is InChI=1S/C22H29Cl3N4O7S/c1-20(2,3)36-19(34)28-22(26,11-7-5-4-6-8-11)18(33)27-13-15(31)29-14(12(30)9-37-16(13)29)17(32)35-10-21(23,24)25/h4-5,8,12-14,16,30H,6-7,9-10,26H2,1-3H3,(H,27,33)(H,28,34)/t12?,13-,14?,16+,22?/m1/s1. The number of nitrogens with zero attached hydrogens (tertiary/aromatic N) is 1. The molecule has 37 heavy (non-hydrogen) atoms. The van der Waals surface area contributed by atoms with E-state index in [4.69, 9.17) is 50.0 Å². The van der Waals surface area contributed by atoms with Crippen molar-refractivity contribution in [2.24, 2.45) is 5.73 Å². The first kappa shape index (κ1) is 29.9. The summed E-state index contributed by atoms with van der Waals surface area (Å²) in [6, 6.07) is -2.41. The molecule has 2 saturated heterocycles. The molecule has 0 saturated carbocycles. The first-order valence-corrected chi connectivity index (χ1v) is 13.5. The van der Waals surface area contributed by atoms with Gasteiger partial charge in [-0.05, 0) is 39.2 Å². The van der Waals surface area contributed by atoms with Crippen molar-refractivity contribution in [3.05, 3.63) is 23.8 Å². The number of aliphatic hydroxyl groups excluding tert-OH is 1.